The van der Waals surface area contributed by atoms with Gasteiger partial charge in [-0.15, -0.1) is 11.3 Å². The maximum Gasteiger partial charge on any atom is 0.270 e. The number of hydrogen-bond donors (Lipinski definition) is 1. The molecule has 3 rings (SSSR count). The van der Waals surface area contributed by atoms with Gasteiger partial charge in [-0.2, -0.15) is 0 Å². The summed E-state index contributed by atoms with van der Waals surface area (Å²) in [6.07, 6.45) is 1.60. The second-order valence-corrected chi connectivity index (χ2v) is 8.18. The van der Waals surface area contributed by atoms with E-state index in [1.807, 2.05) is 4.90 Å². The van der Waals surface area contributed by atoms with Crippen molar-refractivity contribution in [2.75, 3.05) is 26.2 Å². The number of ketones is 1. The number of carbonyl (C=O) groups is 2. The number of aromatic nitrogens is 1. The van der Waals surface area contributed by atoms with E-state index in [9.17, 15) is 9.59 Å². The molecule has 2 aromatic heterocycles. The average Bonchev–Trinajstić information content (AvgIpc) is 3.17. The molecule has 23 heavy (non-hydrogen) atoms. The molecular weight excluding hydrogens is 378 g/mol. The molecule has 2 aromatic rings. The fourth-order valence-electron chi connectivity index (χ4n) is 2.66. The SMILES string of the molecule is CC(=O)c1c[nH]c(C(=O)N2CCN(Cc3ccc(Br)s3)CC2)c1. The summed E-state index contributed by atoms with van der Waals surface area (Å²) in [7, 11) is 0. The molecule has 0 aromatic carbocycles. The molecule has 1 N–H and O–H groups in total. The van der Waals surface area contributed by atoms with Crippen LogP contribution in [0.5, 0.6) is 0 Å². The smallest absolute Gasteiger partial charge is 0.270 e. The first-order chi connectivity index (χ1) is 11.0. The molecule has 122 valence electrons. The van der Waals surface area contributed by atoms with Crippen LogP contribution in [0.1, 0.15) is 32.6 Å². The zero-order valence-corrected chi connectivity index (χ0v) is 15.2. The number of rotatable bonds is 4. The zero-order valence-electron chi connectivity index (χ0n) is 12.8. The number of aromatic amines is 1. The van der Waals surface area contributed by atoms with Crippen molar-refractivity contribution in [3.8, 4) is 0 Å². The predicted molar refractivity (Wildman–Crippen MR) is 94.0 cm³/mol. The van der Waals surface area contributed by atoms with Gasteiger partial charge in [0.15, 0.2) is 5.78 Å². The van der Waals surface area contributed by atoms with Gasteiger partial charge in [-0.3, -0.25) is 14.5 Å². The lowest BCUT2D eigenvalue weighted by Crippen LogP contribution is -2.48. The fraction of sp³-hybridized carbons (Fsp3) is 0.375. The van der Waals surface area contributed by atoms with Gasteiger partial charge in [-0.25, -0.2) is 0 Å². The molecule has 5 nitrogen and oxygen atoms in total. The number of carbonyl (C=O) groups excluding carboxylic acids is 2. The summed E-state index contributed by atoms with van der Waals surface area (Å²) in [6.45, 7) is 5.57. The predicted octanol–water partition coefficient (Wildman–Crippen LogP) is 3.00. The molecule has 0 spiro atoms. The molecule has 0 aliphatic carbocycles. The van der Waals surface area contributed by atoms with Crippen LogP contribution in [0, 0.1) is 0 Å². The van der Waals surface area contributed by atoms with Gasteiger partial charge in [0.1, 0.15) is 5.69 Å². The van der Waals surface area contributed by atoms with Gasteiger partial charge in [0.05, 0.1) is 3.79 Å². The second-order valence-electron chi connectivity index (χ2n) is 5.63. The van der Waals surface area contributed by atoms with Crippen molar-refractivity contribution in [3.05, 3.63) is 44.3 Å². The topological polar surface area (TPSA) is 56.4 Å². The number of Topliss-reactive ketones (excluding diaryl/α,β-unsaturated/α-hetero) is 1. The molecule has 3 heterocycles. The second kappa shape index (κ2) is 6.98. The van der Waals surface area contributed by atoms with Crippen molar-refractivity contribution in [2.45, 2.75) is 13.5 Å². The summed E-state index contributed by atoms with van der Waals surface area (Å²) in [4.78, 5) is 32.2. The minimum atomic E-state index is -0.0350. The van der Waals surface area contributed by atoms with Crippen LogP contribution in [0.4, 0.5) is 0 Å². The van der Waals surface area contributed by atoms with E-state index in [1.54, 1.807) is 23.6 Å². The van der Waals surface area contributed by atoms with Crippen LogP contribution in [0.25, 0.3) is 0 Å². The normalized spacial score (nSPS) is 15.8. The number of H-pyrrole nitrogens is 1. The van der Waals surface area contributed by atoms with E-state index >= 15 is 0 Å². The summed E-state index contributed by atoms with van der Waals surface area (Å²) in [5.41, 5.74) is 1.04. The number of nitrogens with zero attached hydrogens (tertiary/aromatic N) is 2. The number of piperazine rings is 1. The monoisotopic (exact) mass is 395 g/mol. The molecule has 0 saturated carbocycles. The quantitative estimate of drug-likeness (QED) is 0.809. The number of halogens is 1. The zero-order chi connectivity index (χ0) is 16.4. The summed E-state index contributed by atoms with van der Waals surface area (Å²) in [6, 6.07) is 5.84. The van der Waals surface area contributed by atoms with Crippen molar-refractivity contribution in [2.24, 2.45) is 0 Å². The Balaban J connectivity index is 1.55. The molecule has 0 radical (unpaired) electrons. The lowest BCUT2D eigenvalue weighted by molar-refractivity contribution is 0.0624. The van der Waals surface area contributed by atoms with Crippen molar-refractivity contribution in [1.29, 1.82) is 0 Å². The molecule has 0 bridgehead atoms. The van der Waals surface area contributed by atoms with Gasteiger partial charge >= 0.3 is 0 Å². The third-order valence-corrected chi connectivity index (χ3v) is 5.60. The van der Waals surface area contributed by atoms with Crippen molar-refractivity contribution >= 4 is 39.0 Å². The van der Waals surface area contributed by atoms with E-state index < -0.39 is 0 Å². The Morgan fingerprint density at radius 2 is 2.00 bits per heavy atom. The largest absolute Gasteiger partial charge is 0.356 e. The third kappa shape index (κ3) is 3.91. The molecular formula is C16H18BrN3O2S. The molecule has 1 saturated heterocycles. The first-order valence-corrected chi connectivity index (χ1v) is 9.09. The number of amides is 1. The molecule has 0 unspecified atom stereocenters. The van der Waals surface area contributed by atoms with Crippen LogP contribution in [0.3, 0.4) is 0 Å². The highest BCUT2D eigenvalue weighted by Crippen LogP contribution is 2.23. The van der Waals surface area contributed by atoms with Crippen LogP contribution < -0.4 is 0 Å². The van der Waals surface area contributed by atoms with Crippen LogP contribution in [-0.4, -0.2) is 52.7 Å². The van der Waals surface area contributed by atoms with E-state index in [1.165, 1.54) is 11.8 Å². The molecule has 0 atom stereocenters. The molecule has 1 aliphatic rings. The van der Waals surface area contributed by atoms with Gasteiger partial charge in [-0.05, 0) is 41.1 Å². The van der Waals surface area contributed by atoms with E-state index in [-0.39, 0.29) is 11.7 Å². The molecule has 1 fully saturated rings. The van der Waals surface area contributed by atoms with Crippen molar-refractivity contribution < 1.29 is 9.59 Å². The number of nitrogens with one attached hydrogen (secondary N) is 1. The average molecular weight is 396 g/mol. The molecule has 1 amide bonds. The maximum absolute atomic E-state index is 12.5. The highest BCUT2D eigenvalue weighted by atomic mass is 79.9. The standard InChI is InChI=1S/C16H18BrN3O2S/c1-11(21)12-8-14(18-9-12)16(22)20-6-4-19(5-7-20)10-13-2-3-15(17)23-13/h2-3,8-9,18H,4-7,10H2,1H3. The Bertz CT molecular complexity index is 716. The van der Waals surface area contributed by atoms with E-state index in [2.05, 4.69) is 37.9 Å². The maximum atomic E-state index is 12.5. The van der Waals surface area contributed by atoms with Gasteiger partial charge in [-0.1, -0.05) is 0 Å². The highest BCUT2D eigenvalue weighted by molar-refractivity contribution is 9.11. The van der Waals surface area contributed by atoms with Crippen LogP contribution >= 0.6 is 27.3 Å². The lowest BCUT2D eigenvalue weighted by Gasteiger charge is -2.34. The summed E-state index contributed by atoms with van der Waals surface area (Å²) >= 11 is 5.23. The van der Waals surface area contributed by atoms with Crippen LogP contribution in [0.15, 0.2) is 28.2 Å². The molecule has 1 aliphatic heterocycles. The minimum absolute atomic E-state index is 0.0315. The van der Waals surface area contributed by atoms with E-state index in [0.717, 1.165) is 23.4 Å². The first-order valence-electron chi connectivity index (χ1n) is 7.48. The minimum Gasteiger partial charge on any atom is -0.356 e. The van der Waals surface area contributed by atoms with Crippen molar-refractivity contribution in [1.82, 2.24) is 14.8 Å². The Hall–Kier alpha value is -1.44. The Labute approximate surface area is 147 Å². The summed E-state index contributed by atoms with van der Waals surface area (Å²) < 4.78 is 1.15. The van der Waals surface area contributed by atoms with Gasteiger partial charge in [0, 0.05) is 49.4 Å². The Kier molecular flexibility index (Phi) is 4.99. The molecule has 7 heteroatoms. The number of hydrogen-bond acceptors (Lipinski definition) is 4. The highest BCUT2D eigenvalue weighted by Gasteiger charge is 2.23. The van der Waals surface area contributed by atoms with Crippen LogP contribution in [-0.2, 0) is 6.54 Å². The van der Waals surface area contributed by atoms with E-state index in [0.29, 0.717) is 24.3 Å². The summed E-state index contributed by atoms with van der Waals surface area (Å²) in [5.74, 6) is -0.0664. The Morgan fingerprint density at radius 3 is 2.57 bits per heavy atom. The van der Waals surface area contributed by atoms with Gasteiger partial charge in [0.2, 0.25) is 0 Å². The summed E-state index contributed by atoms with van der Waals surface area (Å²) in [5, 5.41) is 0. The first kappa shape index (κ1) is 16.4. The fourth-order valence-corrected chi connectivity index (χ4v) is 4.18. The van der Waals surface area contributed by atoms with Crippen molar-refractivity contribution in [3.63, 3.8) is 0 Å². The van der Waals surface area contributed by atoms with E-state index in [4.69, 9.17) is 0 Å². The number of thiophene rings is 1. The van der Waals surface area contributed by atoms with Crippen LogP contribution in [0.2, 0.25) is 0 Å². The third-order valence-electron chi connectivity index (χ3n) is 3.99. The van der Waals surface area contributed by atoms with Gasteiger partial charge < -0.3 is 9.88 Å². The lowest BCUT2D eigenvalue weighted by atomic mass is 10.2. The Morgan fingerprint density at radius 1 is 1.26 bits per heavy atom. The van der Waals surface area contributed by atoms with Gasteiger partial charge in [0.25, 0.3) is 5.91 Å².